The third-order valence-corrected chi connectivity index (χ3v) is 7.30. The molecule has 2 aromatic carbocycles. The summed E-state index contributed by atoms with van der Waals surface area (Å²) in [5.74, 6) is -0.661. The van der Waals surface area contributed by atoms with Gasteiger partial charge in [0.1, 0.15) is 0 Å². The zero-order valence-corrected chi connectivity index (χ0v) is 17.7. The fraction of sp³-hybridized carbons (Fsp3) is 0.292. The van der Waals surface area contributed by atoms with Gasteiger partial charge in [0.15, 0.2) is 15.6 Å². The summed E-state index contributed by atoms with van der Waals surface area (Å²) in [7, 11) is -3.57. The Morgan fingerprint density at radius 2 is 1.77 bits per heavy atom. The van der Waals surface area contributed by atoms with Crippen molar-refractivity contribution in [3.8, 4) is 0 Å². The van der Waals surface area contributed by atoms with Crippen LogP contribution in [0.5, 0.6) is 0 Å². The monoisotopic (exact) mass is 423 g/mol. The minimum Gasteiger partial charge on any atom is -0.459 e. The van der Waals surface area contributed by atoms with Gasteiger partial charge in [0.05, 0.1) is 23.0 Å². The zero-order valence-electron chi connectivity index (χ0n) is 16.9. The van der Waals surface area contributed by atoms with Gasteiger partial charge in [0.25, 0.3) is 5.91 Å². The molecule has 1 heterocycles. The molecule has 0 bridgehead atoms. The number of sulfone groups is 1. The number of nitrogens with one attached hydrogen (secondary N) is 1. The number of hydrogen-bond acceptors (Lipinski definition) is 4. The van der Waals surface area contributed by atoms with Crippen LogP contribution in [0.15, 0.2) is 70.2 Å². The van der Waals surface area contributed by atoms with Crippen LogP contribution >= 0.6 is 0 Å². The van der Waals surface area contributed by atoms with Gasteiger partial charge in [-0.05, 0) is 67.5 Å². The topological polar surface area (TPSA) is 76.4 Å². The van der Waals surface area contributed by atoms with Gasteiger partial charge in [0, 0.05) is 5.56 Å². The Kier molecular flexibility index (Phi) is 5.77. The van der Waals surface area contributed by atoms with Gasteiger partial charge >= 0.3 is 0 Å². The van der Waals surface area contributed by atoms with Crippen LogP contribution in [0.4, 0.5) is 0 Å². The van der Waals surface area contributed by atoms with E-state index in [9.17, 15) is 13.2 Å². The highest BCUT2D eigenvalue weighted by atomic mass is 32.2. The number of carbonyl (C=O) groups is 1. The lowest BCUT2D eigenvalue weighted by Gasteiger charge is -2.20. The van der Waals surface area contributed by atoms with Crippen molar-refractivity contribution >= 4 is 15.7 Å². The van der Waals surface area contributed by atoms with Crippen molar-refractivity contribution in [3.05, 3.63) is 88.9 Å². The summed E-state index contributed by atoms with van der Waals surface area (Å²) in [6, 6.07) is 15.9. The van der Waals surface area contributed by atoms with E-state index in [-0.39, 0.29) is 22.5 Å². The summed E-state index contributed by atoms with van der Waals surface area (Å²) in [6.45, 7) is 1.92. The number of hydrogen-bond donors (Lipinski definition) is 1. The van der Waals surface area contributed by atoms with Gasteiger partial charge in [-0.2, -0.15) is 0 Å². The van der Waals surface area contributed by atoms with Crippen LogP contribution in [0.25, 0.3) is 0 Å². The molecule has 1 N–H and O–H groups in total. The summed E-state index contributed by atoms with van der Waals surface area (Å²) in [4.78, 5) is 13.0. The largest absolute Gasteiger partial charge is 0.459 e. The van der Waals surface area contributed by atoms with Crippen molar-refractivity contribution in [2.75, 3.05) is 0 Å². The van der Waals surface area contributed by atoms with E-state index in [1.165, 1.54) is 30.2 Å². The van der Waals surface area contributed by atoms with E-state index in [1.807, 2.05) is 6.92 Å². The summed E-state index contributed by atoms with van der Waals surface area (Å²) < 4.78 is 30.7. The Labute approximate surface area is 177 Å². The third kappa shape index (κ3) is 4.33. The molecule has 30 heavy (non-hydrogen) atoms. The second-order valence-corrected chi connectivity index (χ2v) is 9.77. The van der Waals surface area contributed by atoms with Gasteiger partial charge in [-0.3, -0.25) is 4.79 Å². The minimum atomic E-state index is -3.57. The highest BCUT2D eigenvalue weighted by Crippen LogP contribution is 2.25. The highest BCUT2D eigenvalue weighted by molar-refractivity contribution is 7.90. The van der Waals surface area contributed by atoms with E-state index < -0.39 is 15.7 Å². The Bertz CT molecular complexity index is 1150. The second-order valence-electron chi connectivity index (χ2n) is 7.78. The predicted molar refractivity (Wildman–Crippen MR) is 115 cm³/mol. The molecule has 0 saturated carbocycles. The van der Waals surface area contributed by atoms with Crippen molar-refractivity contribution in [1.29, 1.82) is 0 Å². The first kappa shape index (κ1) is 20.4. The molecule has 1 amide bonds. The first-order valence-corrected chi connectivity index (χ1v) is 11.9. The summed E-state index contributed by atoms with van der Waals surface area (Å²) in [6.07, 6.45) is 5.97. The molecule has 156 valence electrons. The van der Waals surface area contributed by atoms with Crippen LogP contribution in [0.1, 0.15) is 58.6 Å². The van der Waals surface area contributed by atoms with Crippen molar-refractivity contribution in [2.24, 2.45) is 0 Å². The zero-order chi connectivity index (χ0) is 21.1. The Hall–Kier alpha value is -2.86. The van der Waals surface area contributed by atoms with Crippen molar-refractivity contribution in [1.82, 2.24) is 5.32 Å². The lowest BCUT2D eigenvalue weighted by Crippen LogP contribution is -2.27. The van der Waals surface area contributed by atoms with Crippen LogP contribution in [0.2, 0.25) is 0 Å². The molecule has 1 atom stereocenters. The van der Waals surface area contributed by atoms with Crippen LogP contribution in [0, 0.1) is 0 Å². The van der Waals surface area contributed by atoms with Crippen molar-refractivity contribution in [3.63, 3.8) is 0 Å². The lowest BCUT2D eigenvalue weighted by atomic mass is 9.89. The van der Waals surface area contributed by atoms with E-state index >= 15 is 0 Å². The van der Waals surface area contributed by atoms with Gasteiger partial charge in [-0.15, -0.1) is 0 Å². The average Bonchev–Trinajstić information content (AvgIpc) is 3.21. The maximum absolute atomic E-state index is 12.8. The normalized spacial score (nSPS) is 14.7. The molecule has 6 heteroatoms. The number of fused-ring (bicyclic) bond motifs is 1. The Morgan fingerprint density at radius 3 is 2.53 bits per heavy atom. The quantitative estimate of drug-likeness (QED) is 0.627. The number of benzene rings is 2. The second kappa shape index (κ2) is 8.48. The average molecular weight is 424 g/mol. The van der Waals surface area contributed by atoms with Gasteiger partial charge in [-0.25, -0.2) is 8.42 Å². The van der Waals surface area contributed by atoms with E-state index in [2.05, 4.69) is 23.5 Å². The number of aryl methyl sites for hydroxylation is 2. The summed E-state index contributed by atoms with van der Waals surface area (Å²) >= 11 is 0. The van der Waals surface area contributed by atoms with Crippen LogP contribution in [-0.2, 0) is 28.4 Å². The molecule has 1 aromatic heterocycles. The first-order chi connectivity index (χ1) is 14.4. The fourth-order valence-corrected chi connectivity index (χ4v) is 5.31. The number of rotatable bonds is 6. The third-order valence-electron chi connectivity index (χ3n) is 5.62. The minimum absolute atomic E-state index is 0.0410. The smallest absolute Gasteiger partial charge is 0.287 e. The van der Waals surface area contributed by atoms with Crippen molar-refractivity contribution in [2.45, 2.75) is 49.3 Å². The SMILES string of the molecule is CC(NC(=O)c1occc1CS(=O)(=O)c1ccccc1)c1ccc2c(c1)CCCC2. The lowest BCUT2D eigenvalue weighted by molar-refractivity contribution is 0.0911. The highest BCUT2D eigenvalue weighted by Gasteiger charge is 2.24. The molecule has 1 aliphatic rings. The van der Waals surface area contributed by atoms with Gasteiger partial charge < -0.3 is 9.73 Å². The first-order valence-electron chi connectivity index (χ1n) is 10.2. The maximum Gasteiger partial charge on any atom is 0.287 e. The standard InChI is InChI=1S/C24H25NO4S/c1-17(19-12-11-18-7-5-6-8-20(18)15-19)25-24(26)23-21(13-14-29-23)16-30(27,28)22-9-3-2-4-10-22/h2-4,9-15,17H,5-8,16H2,1H3,(H,25,26). The molecule has 0 saturated heterocycles. The molecule has 0 fully saturated rings. The number of amides is 1. The summed E-state index contributed by atoms with van der Waals surface area (Å²) in [5.41, 5.74) is 4.14. The van der Waals surface area contributed by atoms with E-state index in [0.717, 1.165) is 18.4 Å². The predicted octanol–water partition coefficient (Wildman–Crippen LogP) is 4.62. The molecule has 5 nitrogen and oxygen atoms in total. The molecule has 0 aliphatic heterocycles. The molecular weight excluding hydrogens is 398 g/mol. The molecule has 1 aliphatic carbocycles. The van der Waals surface area contributed by atoms with E-state index in [4.69, 9.17) is 4.42 Å². The number of furan rings is 1. The molecular formula is C24H25NO4S. The van der Waals surface area contributed by atoms with Crippen LogP contribution in [-0.4, -0.2) is 14.3 Å². The molecule has 0 radical (unpaired) electrons. The van der Waals surface area contributed by atoms with Gasteiger partial charge in [-0.1, -0.05) is 36.4 Å². The molecule has 1 unspecified atom stereocenters. The van der Waals surface area contributed by atoms with Crippen LogP contribution in [0.3, 0.4) is 0 Å². The summed E-state index contributed by atoms with van der Waals surface area (Å²) in [5, 5.41) is 2.94. The molecule has 3 aromatic rings. The molecule has 4 rings (SSSR count). The van der Waals surface area contributed by atoms with E-state index in [0.29, 0.717) is 5.56 Å². The van der Waals surface area contributed by atoms with E-state index in [1.54, 1.807) is 36.4 Å². The Balaban J connectivity index is 1.49. The fourth-order valence-electron chi connectivity index (χ4n) is 3.93. The maximum atomic E-state index is 12.8. The van der Waals surface area contributed by atoms with Gasteiger partial charge in [0.2, 0.25) is 0 Å². The Morgan fingerprint density at radius 1 is 1.03 bits per heavy atom. The van der Waals surface area contributed by atoms with Crippen molar-refractivity contribution < 1.29 is 17.6 Å². The van der Waals surface area contributed by atoms with Crippen LogP contribution < -0.4 is 5.32 Å². The number of carbonyl (C=O) groups excluding carboxylic acids is 1. The molecule has 0 spiro atoms.